The molecule has 0 saturated carbocycles. The number of halogens is 1. The average Bonchev–Trinajstić information content (AvgIpc) is 2.13. The van der Waals surface area contributed by atoms with Gasteiger partial charge in [0.2, 0.25) is 0 Å². The van der Waals surface area contributed by atoms with E-state index in [0.29, 0.717) is 13.2 Å². The zero-order chi connectivity index (χ0) is 13.7. The van der Waals surface area contributed by atoms with E-state index in [9.17, 15) is 4.79 Å². The number of hydrogen-bond acceptors (Lipinski definition) is 3. The fourth-order valence-corrected chi connectivity index (χ4v) is 2.28. The van der Waals surface area contributed by atoms with Crippen molar-refractivity contribution in [3.05, 3.63) is 10.6 Å². The quantitative estimate of drug-likeness (QED) is 0.438. The van der Waals surface area contributed by atoms with Crippen LogP contribution in [0.4, 0.5) is 0 Å². The summed E-state index contributed by atoms with van der Waals surface area (Å²) in [5.41, 5.74) is 0. The lowest BCUT2D eigenvalue weighted by Gasteiger charge is -2.36. The topological polar surface area (TPSA) is 35.5 Å². The van der Waals surface area contributed by atoms with Gasteiger partial charge in [0.25, 0.3) is 0 Å². The smallest absolute Gasteiger partial charge is 0.331 e. The van der Waals surface area contributed by atoms with Crippen molar-refractivity contribution in [3.63, 3.8) is 0 Å². The predicted molar refractivity (Wildman–Crippen MR) is 76.8 cm³/mol. The fraction of sp³-hybridized carbons (Fsp3) is 0.750. The van der Waals surface area contributed by atoms with Crippen LogP contribution in [-0.4, -0.2) is 27.5 Å². The number of hydrogen-bond donors (Lipinski definition) is 0. The molecule has 0 rings (SSSR count). The molecule has 17 heavy (non-hydrogen) atoms. The second kappa shape index (κ2) is 6.71. The molecule has 0 bridgehead atoms. The first kappa shape index (κ1) is 16.9. The maximum Gasteiger partial charge on any atom is 0.331 e. The molecule has 0 amide bonds. The normalized spacial score (nSPS) is 13.7. The van der Waals surface area contributed by atoms with Gasteiger partial charge >= 0.3 is 5.97 Å². The van der Waals surface area contributed by atoms with Crippen LogP contribution < -0.4 is 0 Å². The van der Waals surface area contributed by atoms with Gasteiger partial charge in [-0.15, -0.1) is 0 Å². The van der Waals surface area contributed by atoms with Crippen molar-refractivity contribution >= 4 is 30.2 Å². The Balaban J connectivity index is 4.34. The van der Waals surface area contributed by atoms with Crippen LogP contribution in [0.3, 0.4) is 0 Å². The van der Waals surface area contributed by atoms with E-state index >= 15 is 0 Å². The van der Waals surface area contributed by atoms with Crippen LogP contribution in [0.1, 0.15) is 27.7 Å². The monoisotopic (exact) mass is 322 g/mol. The van der Waals surface area contributed by atoms with Gasteiger partial charge in [-0.1, -0.05) is 36.7 Å². The molecule has 0 unspecified atom stereocenters. The molecular formula is C12H23BrO3Si. The molecule has 0 N–H and O–H groups in total. The van der Waals surface area contributed by atoms with E-state index in [4.69, 9.17) is 9.16 Å². The molecule has 0 aromatic rings. The first-order valence-corrected chi connectivity index (χ1v) is 9.47. The summed E-state index contributed by atoms with van der Waals surface area (Å²) in [6, 6.07) is 0. The number of carbonyl (C=O) groups is 1. The van der Waals surface area contributed by atoms with Crippen molar-refractivity contribution in [2.75, 3.05) is 13.2 Å². The molecule has 0 fully saturated rings. The molecule has 0 aliphatic carbocycles. The Bertz CT molecular complexity index is 293. The Morgan fingerprint density at radius 1 is 1.35 bits per heavy atom. The van der Waals surface area contributed by atoms with Crippen LogP contribution in [0.15, 0.2) is 10.6 Å². The first-order chi connectivity index (χ1) is 7.60. The summed E-state index contributed by atoms with van der Waals surface area (Å²) in [6.45, 7) is 13.5. The predicted octanol–water partition coefficient (Wildman–Crippen LogP) is 3.85. The third-order valence-corrected chi connectivity index (χ3v) is 7.87. The zero-order valence-electron chi connectivity index (χ0n) is 11.6. The summed E-state index contributed by atoms with van der Waals surface area (Å²) in [6.07, 6.45) is 1.43. The molecule has 0 heterocycles. The SMILES string of the molecule is CCOC(=O)/C=C(\Br)CO[Si](C)(C)C(C)(C)C. The van der Waals surface area contributed by atoms with E-state index in [0.717, 1.165) is 4.48 Å². The number of esters is 1. The van der Waals surface area contributed by atoms with Crippen molar-refractivity contribution in [2.45, 2.75) is 45.8 Å². The highest BCUT2D eigenvalue weighted by Crippen LogP contribution is 2.36. The highest BCUT2D eigenvalue weighted by Gasteiger charge is 2.37. The van der Waals surface area contributed by atoms with Crippen molar-refractivity contribution in [1.29, 1.82) is 0 Å². The number of ether oxygens (including phenoxy) is 1. The molecule has 5 heteroatoms. The van der Waals surface area contributed by atoms with Gasteiger partial charge in [0.05, 0.1) is 13.2 Å². The molecular weight excluding hydrogens is 300 g/mol. The first-order valence-electron chi connectivity index (χ1n) is 5.77. The Morgan fingerprint density at radius 2 is 1.88 bits per heavy atom. The molecule has 0 aromatic carbocycles. The maximum absolute atomic E-state index is 11.2. The minimum atomic E-state index is -1.76. The zero-order valence-corrected chi connectivity index (χ0v) is 14.2. The van der Waals surface area contributed by atoms with Crippen LogP contribution in [0, 0.1) is 0 Å². The Morgan fingerprint density at radius 3 is 2.29 bits per heavy atom. The maximum atomic E-state index is 11.2. The van der Waals surface area contributed by atoms with Gasteiger partial charge in [-0.3, -0.25) is 0 Å². The van der Waals surface area contributed by atoms with Gasteiger partial charge in [0.1, 0.15) is 0 Å². The summed E-state index contributed by atoms with van der Waals surface area (Å²) in [5.74, 6) is -0.335. The highest BCUT2D eigenvalue weighted by molar-refractivity contribution is 9.11. The molecule has 0 aliphatic rings. The van der Waals surface area contributed by atoms with Gasteiger partial charge in [0.15, 0.2) is 8.32 Å². The second-order valence-electron chi connectivity index (χ2n) is 5.39. The van der Waals surface area contributed by atoms with Crippen molar-refractivity contribution in [2.24, 2.45) is 0 Å². The summed E-state index contributed by atoms with van der Waals surface area (Å²) in [7, 11) is -1.76. The Labute approximate surface area is 114 Å². The molecule has 3 nitrogen and oxygen atoms in total. The molecule has 0 saturated heterocycles. The van der Waals surface area contributed by atoms with E-state index in [1.54, 1.807) is 6.92 Å². The standard InChI is InChI=1S/C12H23BrO3Si/c1-7-15-11(14)8-10(13)9-16-17(5,6)12(2,3)4/h8H,7,9H2,1-6H3/b10-8-. The van der Waals surface area contributed by atoms with Crippen molar-refractivity contribution in [1.82, 2.24) is 0 Å². The molecule has 0 aliphatic heterocycles. The highest BCUT2D eigenvalue weighted by atomic mass is 79.9. The van der Waals surface area contributed by atoms with Crippen LogP contribution >= 0.6 is 15.9 Å². The van der Waals surface area contributed by atoms with Gasteiger partial charge < -0.3 is 9.16 Å². The van der Waals surface area contributed by atoms with Crippen molar-refractivity contribution < 1.29 is 14.0 Å². The minimum Gasteiger partial charge on any atom is -0.463 e. The Hall–Kier alpha value is -0.133. The fourth-order valence-electron chi connectivity index (χ4n) is 0.819. The van der Waals surface area contributed by atoms with Crippen molar-refractivity contribution in [3.8, 4) is 0 Å². The van der Waals surface area contributed by atoms with Gasteiger partial charge in [-0.25, -0.2) is 4.79 Å². The number of rotatable bonds is 5. The molecule has 0 radical (unpaired) electrons. The summed E-state index contributed by atoms with van der Waals surface area (Å²) >= 11 is 3.33. The molecule has 0 aromatic heterocycles. The van der Waals surface area contributed by atoms with E-state index in [-0.39, 0.29) is 11.0 Å². The Kier molecular flexibility index (Phi) is 6.65. The van der Waals surface area contributed by atoms with Crippen LogP contribution in [0.5, 0.6) is 0 Å². The van der Waals surface area contributed by atoms with E-state index in [1.165, 1.54) is 6.08 Å². The molecule has 0 spiro atoms. The van der Waals surface area contributed by atoms with E-state index in [2.05, 4.69) is 49.8 Å². The van der Waals surface area contributed by atoms with E-state index in [1.807, 2.05) is 0 Å². The lowest BCUT2D eigenvalue weighted by Crippen LogP contribution is -2.41. The summed E-state index contributed by atoms with van der Waals surface area (Å²) in [5, 5.41) is 0.171. The van der Waals surface area contributed by atoms with Crippen LogP contribution in [0.25, 0.3) is 0 Å². The molecule has 0 atom stereocenters. The largest absolute Gasteiger partial charge is 0.463 e. The van der Waals surface area contributed by atoms with Gasteiger partial charge in [-0.2, -0.15) is 0 Å². The number of carbonyl (C=O) groups excluding carboxylic acids is 1. The van der Waals surface area contributed by atoms with E-state index < -0.39 is 8.32 Å². The average molecular weight is 323 g/mol. The summed E-state index contributed by atoms with van der Waals surface area (Å²) in [4.78, 5) is 11.2. The van der Waals surface area contributed by atoms with Crippen LogP contribution in [0.2, 0.25) is 18.1 Å². The lowest BCUT2D eigenvalue weighted by atomic mass is 10.2. The third-order valence-electron chi connectivity index (χ3n) is 2.94. The lowest BCUT2D eigenvalue weighted by molar-refractivity contribution is -0.137. The van der Waals surface area contributed by atoms with Gasteiger partial charge in [0, 0.05) is 10.6 Å². The minimum absolute atomic E-state index is 0.171. The second-order valence-corrected chi connectivity index (χ2v) is 11.2. The van der Waals surface area contributed by atoms with Gasteiger partial charge in [-0.05, 0) is 25.1 Å². The molecule has 100 valence electrons. The summed E-state index contributed by atoms with van der Waals surface area (Å²) < 4.78 is 11.5. The third kappa shape index (κ3) is 6.38. The van der Waals surface area contributed by atoms with Crippen LogP contribution in [-0.2, 0) is 14.0 Å².